The molecule has 0 amide bonds. The van der Waals surface area contributed by atoms with E-state index in [1.807, 2.05) is 31.2 Å². The summed E-state index contributed by atoms with van der Waals surface area (Å²) in [6, 6.07) is 7.75. The van der Waals surface area contributed by atoms with Gasteiger partial charge in [-0.3, -0.25) is 23.3 Å². The van der Waals surface area contributed by atoms with E-state index < -0.39 is 0 Å². The van der Waals surface area contributed by atoms with Gasteiger partial charge in [0, 0.05) is 18.6 Å². The third-order valence-corrected chi connectivity index (χ3v) is 4.98. The number of H-pyrrole nitrogens is 1. The van der Waals surface area contributed by atoms with Gasteiger partial charge in [0.25, 0.3) is 11.1 Å². The van der Waals surface area contributed by atoms with E-state index in [2.05, 4.69) is 9.36 Å². The number of fused-ring (bicyclic) bond motifs is 2. The van der Waals surface area contributed by atoms with Crippen molar-refractivity contribution in [3.63, 3.8) is 0 Å². The van der Waals surface area contributed by atoms with E-state index >= 15 is 0 Å². The maximum Gasteiger partial charge on any atom is 0.271 e. The molecule has 0 unspecified atom stereocenters. The smallest absolute Gasteiger partial charge is 0.271 e. The highest BCUT2D eigenvalue weighted by molar-refractivity contribution is 7.13. The third kappa shape index (κ3) is 2.35. The van der Waals surface area contributed by atoms with Crippen LogP contribution in [-0.4, -0.2) is 13.8 Å². The van der Waals surface area contributed by atoms with Crippen LogP contribution in [0.25, 0.3) is 26.7 Å². The van der Waals surface area contributed by atoms with E-state index in [1.165, 1.54) is 11.5 Å². The Labute approximate surface area is 147 Å². The number of hydrogen-bond acceptors (Lipinski definition) is 4. The quantitative estimate of drug-likeness (QED) is 0.597. The number of nitrogens with zero attached hydrogens (tertiary/aromatic N) is 2. The first-order chi connectivity index (χ1) is 11.2. The number of hydrogen-bond donors (Lipinski definition) is 1. The van der Waals surface area contributed by atoms with Gasteiger partial charge in [-0.05, 0) is 47.4 Å². The second kappa shape index (κ2) is 6.22. The van der Waals surface area contributed by atoms with Crippen molar-refractivity contribution < 1.29 is 0 Å². The Balaban J connectivity index is 0.00000169. The monoisotopic (exact) mass is 359 g/mol. The van der Waals surface area contributed by atoms with Gasteiger partial charge in [-0.25, -0.2) is 0 Å². The van der Waals surface area contributed by atoms with Crippen LogP contribution in [0.5, 0.6) is 0 Å². The molecule has 4 aromatic rings. The maximum absolute atomic E-state index is 12.6. The molecule has 24 heavy (non-hydrogen) atoms. The number of pyridine rings is 3. The Hall–Kier alpha value is -2.44. The minimum Gasteiger partial charge on any atom is -0.283 e. The van der Waals surface area contributed by atoms with Crippen LogP contribution in [0.3, 0.4) is 0 Å². The molecule has 0 atom stereocenters. The molecule has 7 heteroatoms. The molecule has 0 saturated heterocycles. The van der Waals surface area contributed by atoms with Crippen molar-refractivity contribution >= 4 is 39.5 Å². The van der Waals surface area contributed by atoms with Crippen LogP contribution in [0.4, 0.5) is 0 Å². The Morgan fingerprint density at radius 3 is 2.62 bits per heavy atom. The van der Waals surface area contributed by atoms with Crippen LogP contribution in [0.1, 0.15) is 12.5 Å². The summed E-state index contributed by atoms with van der Waals surface area (Å²) >= 11 is 1.23. The van der Waals surface area contributed by atoms with Gasteiger partial charge in [0.1, 0.15) is 5.39 Å². The number of aromatic amines is 1. The van der Waals surface area contributed by atoms with Gasteiger partial charge in [0.05, 0.1) is 10.2 Å². The molecule has 0 aromatic carbocycles. The topological polar surface area (TPSA) is 67.2 Å². The molecular weight excluding hydrogens is 346 g/mol. The summed E-state index contributed by atoms with van der Waals surface area (Å²) in [6.45, 7) is 2.03. The van der Waals surface area contributed by atoms with Crippen LogP contribution in [0, 0.1) is 0 Å². The molecule has 0 saturated carbocycles. The lowest BCUT2D eigenvalue weighted by atomic mass is 10.0. The second-order valence-corrected chi connectivity index (χ2v) is 6.10. The van der Waals surface area contributed by atoms with Crippen molar-refractivity contribution in [3.05, 3.63) is 69.1 Å². The molecule has 5 nitrogen and oxygen atoms in total. The zero-order valence-corrected chi connectivity index (χ0v) is 14.4. The van der Waals surface area contributed by atoms with Gasteiger partial charge in [0.2, 0.25) is 0 Å². The molecule has 4 aromatic heterocycles. The first kappa shape index (κ1) is 16.4. The molecule has 4 rings (SSSR count). The zero-order valence-electron chi connectivity index (χ0n) is 12.8. The van der Waals surface area contributed by atoms with Gasteiger partial charge >= 0.3 is 0 Å². The normalized spacial score (nSPS) is 10.9. The van der Waals surface area contributed by atoms with Crippen molar-refractivity contribution in [1.82, 2.24) is 13.8 Å². The highest BCUT2D eigenvalue weighted by Crippen LogP contribution is 2.26. The number of rotatable bonds is 2. The fraction of sp³-hybridized carbons (Fsp3) is 0.118. The molecule has 0 aliphatic heterocycles. The third-order valence-electron chi connectivity index (χ3n) is 4.04. The summed E-state index contributed by atoms with van der Waals surface area (Å²) in [5.41, 5.74) is 3.34. The molecule has 0 aliphatic rings. The predicted molar refractivity (Wildman–Crippen MR) is 99.5 cm³/mol. The SMILES string of the molecule is CCc1c2s[nH]c(=O)c2c(=O)n2ccc(-c3ccncc3)cc12.Cl. The lowest BCUT2D eigenvalue weighted by Gasteiger charge is -2.09. The molecule has 0 spiro atoms. The summed E-state index contributed by atoms with van der Waals surface area (Å²) in [6.07, 6.45) is 5.97. The van der Waals surface area contributed by atoms with E-state index in [1.54, 1.807) is 23.0 Å². The largest absolute Gasteiger partial charge is 0.283 e. The van der Waals surface area contributed by atoms with Crippen molar-refractivity contribution in [2.75, 3.05) is 0 Å². The van der Waals surface area contributed by atoms with E-state index in [0.29, 0.717) is 0 Å². The van der Waals surface area contributed by atoms with Gasteiger partial charge < -0.3 is 0 Å². The second-order valence-electron chi connectivity index (χ2n) is 5.28. The lowest BCUT2D eigenvalue weighted by Crippen LogP contribution is -2.19. The molecule has 122 valence electrons. The Morgan fingerprint density at radius 2 is 1.92 bits per heavy atom. The molecule has 0 aliphatic carbocycles. The fourth-order valence-corrected chi connectivity index (χ4v) is 3.87. The number of nitrogens with one attached hydrogen (secondary N) is 1. The van der Waals surface area contributed by atoms with Crippen molar-refractivity contribution in [2.45, 2.75) is 13.3 Å². The predicted octanol–water partition coefficient (Wildman–Crippen LogP) is 3.25. The molecule has 4 heterocycles. The van der Waals surface area contributed by atoms with Gasteiger partial charge in [-0.1, -0.05) is 18.5 Å². The molecular formula is C17H14ClN3O2S. The van der Waals surface area contributed by atoms with Crippen molar-refractivity contribution in [3.8, 4) is 11.1 Å². The first-order valence-corrected chi connectivity index (χ1v) is 8.11. The Kier molecular flexibility index (Phi) is 4.26. The molecule has 0 radical (unpaired) electrons. The van der Waals surface area contributed by atoms with Gasteiger partial charge in [-0.2, -0.15) is 0 Å². The Morgan fingerprint density at radius 1 is 1.17 bits per heavy atom. The highest BCUT2D eigenvalue weighted by atomic mass is 35.5. The van der Waals surface area contributed by atoms with E-state index in [9.17, 15) is 9.59 Å². The minimum atomic E-state index is -0.308. The van der Waals surface area contributed by atoms with Crippen LogP contribution in [0.15, 0.2) is 52.4 Å². The molecule has 0 bridgehead atoms. The van der Waals surface area contributed by atoms with E-state index in [-0.39, 0.29) is 28.9 Å². The molecule has 1 N–H and O–H groups in total. The summed E-state index contributed by atoms with van der Waals surface area (Å²) in [5, 5.41) is 0.251. The standard InChI is InChI=1S/C17H13N3O2S.ClH/c1-2-12-13-9-11(10-3-6-18-7-4-10)5-8-20(13)17(22)14-15(12)23-19-16(14)21;/h3-9H,2H2,1H3,(H,19,21);1H. The minimum absolute atomic E-state index is 0. The zero-order chi connectivity index (χ0) is 16.0. The van der Waals surface area contributed by atoms with Crippen LogP contribution in [-0.2, 0) is 6.42 Å². The van der Waals surface area contributed by atoms with Crippen molar-refractivity contribution in [1.29, 1.82) is 0 Å². The van der Waals surface area contributed by atoms with Crippen LogP contribution >= 0.6 is 23.9 Å². The van der Waals surface area contributed by atoms with Crippen LogP contribution < -0.4 is 11.1 Å². The average molecular weight is 360 g/mol. The highest BCUT2D eigenvalue weighted by Gasteiger charge is 2.15. The summed E-state index contributed by atoms with van der Waals surface area (Å²) in [7, 11) is 0. The van der Waals surface area contributed by atoms with E-state index in [0.717, 1.165) is 33.3 Å². The fourth-order valence-electron chi connectivity index (χ4n) is 2.92. The lowest BCUT2D eigenvalue weighted by molar-refractivity contribution is 1.07. The first-order valence-electron chi connectivity index (χ1n) is 7.29. The Bertz CT molecular complexity index is 1150. The number of halogens is 1. The molecule has 0 fully saturated rings. The van der Waals surface area contributed by atoms with Crippen LogP contribution in [0.2, 0.25) is 0 Å². The number of aromatic nitrogens is 3. The van der Waals surface area contributed by atoms with Gasteiger partial charge in [0.15, 0.2) is 0 Å². The van der Waals surface area contributed by atoms with Gasteiger partial charge in [-0.15, -0.1) is 12.4 Å². The summed E-state index contributed by atoms with van der Waals surface area (Å²) in [5.74, 6) is 0. The van der Waals surface area contributed by atoms with Crippen molar-refractivity contribution in [2.24, 2.45) is 0 Å². The average Bonchev–Trinajstić information content (AvgIpc) is 2.98. The number of aryl methyl sites for hydroxylation is 1. The summed E-state index contributed by atoms with van der Waals surface area (Å²) < 4.78 is 5.00. The van der Waals surface area contributed by atoms with E-state index in [4.69, 9.17) is 0 Å². The summed E-state index contributed by atoms with van der Waals surface area (Å²) in [4.78, 5) is 28.6. The maximum atomic E-state index is 12.6.